The Balaban J connectivity index is 1.63. The molecule has 8 heteroatoms. The van der Waals surface area contributed by atoms with E-state index in [0.29, 0.717) is 26.2 Å². The van der Waals surface area contributed by atoms with Gasteiger partial charge in [0.1, 0.15) is 6.54 Å². The molecular weight excluding hydrogens is 336 g/mol. The first kappa shape index (κ1) is 17.7. The molecule has 26 heavy (non-hydrogen) atoms. The van der Waals surface area contributed by atoms with E-state index in [-0.39, 0.29) is 18.1 Å². The summed E-state index contributed by atoms with van der Waals surface area (Å²) in [6.45, 7) is 4.37. The molecule has 0 N–H and O–H groups in total. The number of aryl methyl sites for hydroxylation is 1. The number of carbonyl (C=O) groups is 1. The van der Waals surface area contributed by atoms with E-state index < -0.39 is 10.5 Å². The van der Waals surface area contributed by atoms with Crippen LogP contribution in [0.2, 0.25) is 0 Å². The van der Waals surface area contributed by atoms with E-state index in [4.69, 9.17) is 0 Å². The van der Waals surface area contributed by atoms with Gasteiger partial charge in [0.25, 0.3) is 11.2 Å². The summed E-state index contributed by atoms with van der Waals surface area (Å²) >= 11 is 0. The van der Waals surface area contributed by atoms with Gasteiger partial charge in [-0.05, 0) is 24.6 Å². The van der Waals surface area contributed by atoms with Gasteiger partial charge in [0.2, 0.25) is 5.91 Å². The molecule has 1 aliphatic heterocycles. The summed E-state index contributed by atoms with van der Waals surface area (Å²) in [5.74, 6) is -0.212. The van der Waals surface area contributed by atoms with Crippen molar-refractivity contribution in [1.29, 1.82) is 0 Å². The first-order valence-corrected chi connectivity index (χ1v) is 8.38. The Morgan fingerprint density at radius 3 is 2.54 bits per heavy atom. The lowest BCUT2D eigenvalue weighted by atomic mass is 10.2. The van der Waals surface area contributed by atoms with Crippen molar-refractivity contribution in [2.24, 2.45) is 0 Å². The van der Waals surface area contributed by atoms with Crippen molar-refractivity contribution < 1.29 is 9.72 Å². The SMILES string of the molecule is Cc1cccc(N2CCN(C(=O)Cn3cc([N+](=O)[O-])ccc3=O)CC2)c1. The van der Waals surface area contributed by atoms with Crippen molar-refractivity contribution in [1.82, 2.24) is 9.47 Å². The quantitative estimate of drug-likeness (QED) is 0.610. The number of hydrogen-bond donors (Lipinski definition) is 0. The van der Waals surface area contributed by atoms with Crippen molar-refractivity contribution in [2.75, 3.05) is 31.1 Å². The lowest BCUT2D eigenvalue weighted by molar-refractivity contribution is -0.385. The Labute approximate surface area is 150 Å². The van der Waals surface area contributed by atoms with Gasteiger partial charge in [-0.2, -0.15) is 0 Å². The Kier molecular flexibility index (Phi) is 5.01. The Bertz CT molecular complexity index is 885. The van der Waals surface area contributed by atoms with E-state index in [2.05, 4.69) is 11.0 Å². The third kappa shape index (κ3) is 3.90. The summed E-state index contributed by atoms with van der Waals surface area (Å²) in [7, 11) is 0. The van der Waals surface area contributed by atoms with Gasteiger partial charge in [0.05, 0.1) is 11.1 Å². The van der Waals surface area contributed by atoms with Crippen LogP contribution >= 0.6 is 0 Å². The van der Waals surface area contributed by atoms with Gasteiger partial charge in [-0.25, -0.2) is 0 Å². The van der Waals surface area contributed by atoms with Crippen LogP contribution in [0.25, 0.3) is 0 Å². The first-order chi connectivity index (χ1) is 12.4. The van der Waals surface area contributed by atoms with Gasteiger partial charge < -0.3 is 9.80 Å². The molecule has 1 aromatic heterocycles. The molecule has 0 bridgehead atoms. The van der Waals surface area contributed by atoms with Crippen LogP contribution in [0.5, 0.6) is 0 Å². The smallest absolute Gasteiger partial charge is 0.285 e. The summed E-state index contributed by atoms with van der Waals surface area (Å²) in [5, 5.41) is 10.8. The van der Waals surface area contributed by atoms with Crippen LogP contribution < -0.4 is 10.5 Å². The summed E-state index contributed by atoms with van der Waals surface area (Å²) in [6, 6.07) is 10.5. The van der Waals surface area contributed by atoms with Gasteiger partial charge in [-0.15, -0.1) is 0 Å². The third-order valence-electron chi connectivity index (χ3n) is 4.48. The number of hydrogen-bond acceptors (Lipinski definition) is 5. The maximum Gasteiger partial charge on any atom is 0.285 e. The average molecular weight is 356 g/mol. The van der Waals surface area contributed by atoms with E-state index in [9.17, 15) is 19.7 Å². The number of pyridine rings is 1. The molecule has 0 saturated carbocycles. The molecule has 8 nitrogen and oxygen atoms in total. The number of nitrogens with zero attached hydrogens (tertiary/aromatic N) is 4. The highest BCUT2D eigenvalue weighted by atomic mass is 16.6. The highest BCUT2D eigenvalue weighted by Crippen LogP contribution is 2.18. The molecule has 0 spiro atoms. The first-order valence-electron chi connectivity index (χ1n) is 8.38. The zero-order valence-electron chi connectivity index (χ0n) is 14.5. The van der Waals surface area contributed by atoms with Crippen molar-refractivity contribution >= 4 is 17.3 Å². The number of anilines is 1. The Morgan fingerprint density at radius 2 is 1.88 bits per heavy atom. The Hall–Kier alpha value is -3.16. The van der Waals surface area contributed by atoms with E-state index in [1.165, 1.54) is 5.56 Å². The molecular formula is C18H20N4O4. The fourth-order valence-electron chi connectivity index (χ4n) is 3.03. The fraction of sp³-hybridized carbons (Fsp3) is 0.333. The minimum Gasteiger partial charge on any atom is -0.368 e. The maximum atomic E-state index is 12.5. The molecule has 0 aliphatic carbocycles. The number of piperazine rings is 1. The highest BCUT2D eigenvalue weighted by molar-refractivity contribution is 5.76. The lowest BCUT2D eigenvalue weighted by Gasteiger charge is -2.36. The molecule has 1 amide bonds. The topological polar surface area (TPSA) is 88.7 Å². The van der Waals surface area contributed by atoms with Crippen molar-refractivity contribution in [3.05, 3.63) is 68.6 Å². The van der Waals surface area contributed by atoms with E-state index >= 15 is 0 Å². The predicted octanol–water partition coefficient (Wildman–Crippen LogP) is 1.41. The normalized spacial score (nSPS) is 14.3. The number of amides is 1. The highest BCUT2D eigenvalue weighted by Gasteiger charge is 2.22. The van der Waals surface area contributed by atoms with Crippen LogP contribution in [0.3, 0.4) is 0 Å². The third-order valence-corrected chi connectivity index (χ3v) is 4.48. The minimum atomic E-state index is -0.582. The molecule has 2 heterocycles. The van der Waals surface area contributed by atoms with E-state index in [1.54, 1.807) is 4.90 Å². The minimum absolute atomic E-state index is 0.190. The van der Waals surface area contributed by atoms with Crippen LogP contribution in [0.15, 0.2) is 47.4 Å². The number of benzene rings is 1. The molecule has 136 valence electrons. The average Bonchev–Trinajstić information content (AvgIpc) is 2.63. The predicted molar refractivity (Wildman–Crippen MR) is 97.3 cm³/mol. The van der Waals surface area contributed by atoms with Crippen LogP contribution in [0.4, 0.5) is 11.4 Å². The molecule has 1 aliphatic rings. The second-order valence-electron chi connectivity index (χ2n) is 6.32. The molecule has 0 unspecified atom stereocenters. The summed E-state index contributed by atoms with van der Waals surface area (Å²) in [5.41, 5.74) is 1.68. The zero-order chi connectivity index (χ0) is 18.7. The number of nitro groups is 1. The zero-order valence-corrected chi connectivity index (χ0v) is 14.5. The second kappa shape index (κ2) is 7.38. The van der Waals surface area contributed by atoms with Crippen LogP contribution in [-0.2, 0) is 11.3 Å². The van der Waals surface area contributed by atoms with E-state index in [1.807, 2.05) is 25.1 Å². The van der Waals surface area contributed by atoms with Gasteiger partial charge in [0, 0.05) is 44.0 Å². The van der Waals surface area contributed by atoms with Gasteiger partial charge in [-0.3, -0.25) is 24.3 Å². The summed E-state index contributed by atoms with van der Waals surface area (Å²) in [4.78, 5) is 38.5. The summed E-state index contributed by atoms with van der Waals surface area (Å²) < 4.78 is 1.09. The maximum absolute atomic E-state index is 12.5. The van der Waals surface area contributed by atoms with Crippen molar-refractivity contribution in [2.45, 2.75) is 13.5 Å². The van der Waals surface area contributed by atoms with Gasteiger partial charge in [0.15, 0.2) is 0 Å². The van der Waals surface area contributed by atoms with Gasteiger partial charge in [-0.1, -0.05) is 12.1 Å². The molecule has 3 rings (SSSR count). The largest absolute Gasteiger partial charge is 0.368 e. The van der Waals surface area contributed by atoms with Crippen molar-refractivity contribution in [3.63, 3.8) is 0 Å². The van der Waals surface area contributed by atoms with Crippen LogP contribution in [-0.4, -0.2) is 46.5 Å². The molecule has 1 fully saturated rings. The molecule has 1 aromatic carbocycles. The second-order valence-corrected chi connectivity index (χ2v) is 6.32. The standard InChI is InChI=1S/C18H20N4O4/c1-14-3-2-4-15(11-14)19-7-9-20(10-8-19)18(24)13-21-12-16(22(25)26)5-6-17(21)23/h2-6,11-12H,7-10,13H2,1H3. The monoisotopic (exact) mass is 356 g/mol. The number of aromatic nitrogens is 1. The fourth-order valence-corrected chi connectivity index (χ4v) is 3.03. The molecule has 0 atom stereocenters. The molecule has 1 saturated heterocycles. The number of rotatable bonds is 4. The summed E-state index contributed by atoms with van der Waals surface area (Å²) in [6.07, 6.45) is 1.11. The van der Waals surface area contributed by atoms with Crippen molar-refractivity contribution in [3.8, 4) is 0 Å². The number of carbonyl (C=O) groups excluding carboxylic acids is 1. The molecule has 0 radical (unpaired) electrons. The molecule has 2 aromatic rings. The van der Waals surface area contributed by atoms with E-state index in [0.717, 1.165) is 28.6 Å². The van der Waals surface area contributed by atoms with Crippen LogP contribution in [0.1, 0.15) is 5.56 Å². The Morgan fingerprint density at radius 1 is 1.15 bits per heavy atom. The van der Waals surface area contributed by atoms with Gasteiger partial charge >= 0.3 is 0 Å². The van der Waals surface area contributed by atoms with Crippen LogP contribution in [0, 0.1) is 17.0 Å². The lowest BCUT2D eigenvalue weighted by Crippen LogP contribution is -2.50.